The number of aliphatic hydroxyl groups excluding tert-OH is 1. The molecule has 4 bridgehead atoms. The molecule has 90 heavy (non-hydrogen) atoms. The number of benzene rings is 3. The zero-order chi connectivity index (χ0) is 63.0. The summed E-state index contributed by atoms with van der Waals surface area (Å²) in [5.41, 5.74) is 8.25. The van der Waals surface area contributed by atoms with Crippen LogP contribution in [-0.2, 0) is 37.5 Å². The number of hydrogen-bond donors (Lipinski definition) is 5. The van der Waals surface area contributed by atoms with Gasteiger partial charge in [-0.2, -0.15) is 5.10 Å². The molecule has 3 atom stereocenters. The maximum Gasteiger partial charge on any atom is 0.284 e. The van der Waals surface area contributed by atoms with Crippen molar-refractivity contribution in [2.45, 2.75) is 123 Å². The van der Waals surface area contributed by atoms with Crippen molar-refractivity contribution in [1.82, 2.24) is 55.2 Å². The van der Waals surface area contributed by atoms with Crippen molar-refractivity contribution in [2.24, 2.45) is 34.5 Å². The molecule has 14 rings (SSSR count). The fraction of sp³-hybridized carbons (Fsp3) is 0.424. The summed E-state index contributed by atoms with van der Waals surface area (Å²) in [7, 11) is -2.72. The van der Waals surface area contributed by atoms with E-state index in [-0.39, 0.29) is 54.5 Å². The molecule has 0 spiro atoms. The number of sulfonamides is 1. The van der Waals surface area contributed by atoms with Gasteiger partial charge < -0.3 is 35.8 Å². The Kier molecular flexibility index (Phi) is 16.1. The Morgan fingerprint density at radius 2 is 1.53 bits per heavy atom. The predicted octanol–water partition coefficient (Wildman–Crippen LogP) is 9.49. The summed E-state index contributed by atoms with van der Waals surface area (Å²) in [6, 6.07) is 25.3. The van der Waals surface area contributed by atoms with Crippen molar-refractivity contribution in [3.05, 3.63) is 131 Å². The molecule has 0 unspecified atom stereocenters. The highest BCUT2D eigenvalue weighted by molar-refractivity contribution is 7.90. The summed E-state index contributed by atoms with van der Waals surface area (Å²) < 4.78 is 34.0. The number of nitrogens with one attached hydrogen (secondary N) is 4. The van der Waals surface area contributed by atoms with Crippen LogP contribution in [0.5, 0.6) is 0 Å². The average molecular weight is 1270 g/mol. The number of anilines is 5. The number of rotatable bonds is 18. The number of β-amino-alcohol motifs (C(OH)–C–C–N with tert-alkyl or cyclic N) is 1. The molecule has 7 heterocycles. The third-order valence-electron chi connectivity index (χ3n) is 19.0. The Labute approximate surface area is 531 Å². The number of pyridine rings is 1. The van der Waals surface area contributed by atoms with E-state index in [9.17, 15) is 32.7 Å². The lowest BCUT2D eigenvalue weighted by Gasteiger charge is -2.56. The Balaban J connectivity index is 0.675. The second kappa shape index (κ2) is 23.9. The highest BCUT2D eigenvalue weighted by atomic mass is 32.2. The van der Waals surface area contributed by atoms with Crippen LogP contribution in [0.2, 0.25) is 0 Å². The molecule has 24 heteroatoms. The van der Waals surface area contributed by atoms with Crippen LogP contribution in [0, 0.1) is 55.3 Å². The number of aromatic nitrogens is 7. The Morgan fingerprint density at radius 1 is 0.822 bits per heavy atom. The largest absolute Gasteiger partial charge is 0.391 e. The number of fused-ring (bicyclic) bond motifs is 1. The van der Waals surface area contributed by atoms with Crippen LogP contribution in [0.15, 0.2) is 108 Å². The molecular formula is C66H74N14O7S3. The van der Waals surface area contributed by atoms with Gasteiger partial charge >= 0.3 is 0 Å². The summed E-state index contributed by atoms with van der Waals surface area (Å²) in [6.45, 7) is 12.9. The van der Waals surface area contributed by atoms with Crippen molar-refractivity contribution in [3.8, 4) is 21.6 Å². The molecule has 5 aromatic heterocycles. The highest BCUT2D eigenvalue weighted by Crippen LogP contribution is 2.60. The normalized spacial score (nSPS) is 21.7. The molecule has 8 aromatic rings. The van der Waals surface area contributed by atoms with Gasteiger partial charge in [-0.1, -0.05) is 68.5 Å². The van der Waals surface area contributed by atoms with Crippen molar-refractivity contribution in [2.75, 3.05) is 41.8 Å². The quantitative estimate of drug-likeness (QED) is 0.0535. The first-order chi connectivity index (χ1) is 43.0. The maximum atomic E-state index is 14.7. The molecule has 4 amide bonds. The molecule has 5 N–H and O–H groups in total. The molecule has 21 nitrogen and oxygen atoms in total. The van der Waals surface area contributed by atoms with Crippen LogP contribution in [0.25, 0.3) is 31.8 Å². The summed E-state index contributed by atoms with van der Waals surface area (Å²) in [4.78, 5) is 76.6. The topological polar surface area (TPSA) is 263 Å². The number of nitrogens with zero attached hydrogens (tertiary/aromatic N) is 10. The third-order valence-corrected chi connectivity index (χ3v) is 22.3. The average Bonchev–Trinajstić information content (AvgIpc) is 1.07. The lowest BCUT2D eigenvalue weighted by atomic mass is 9.49. The Bertz CT molecular complexity index is 4120. The summed E-state index contributed by atoms with van der Waals surface area (Å²) in [6.07, 6.45) is 8.48. The Morgan fingerprint density at radius 3 is 2.20 bits per heavy atom. The minimum Gasteiger partial charge on any atom is -0.391 e. The van der Waals surface area contributed by atoms with E-state index in [1.54, 1.807) is 59.3 Å². The van der Waals surface area contributed by atoms with Gasteiger partial charge in [-0.15, -0.1) is 21.5 Å². The Hall–Kier alpha value is -8.19. The first-order valence-corrected chi connectivity index (χ1v) is 33.9. The fourth-order valence-corrected chi connectivity index (χ4v) is 17.2. The lowest BCUT2D eigenvalue weighted by Crippen LogP contribution is -2.61. The molecule has 3 aromatic carbocycles. The van der Waals surface area contributed by atoms with Gasteiger partial charge in [0.25, 0.3) is 15.9 Å². The highest BCUT2D eigenvalue weighted by Gasteiger charge is 2.51. The van der Waals surface area contributed by atoms with Crippen LogP contribution in [-0.4, -0.2) is 122 Å². The van der Waals surface area contributed by atoms with E-state index in [1.807, 2.05) is 101 Å². The number of hydrogen-bond acceptors (Lipinski definition) is 18. The molecule has 6 aliphatic rings. The molecule has 2 saturated heterocycles. The molecular weight excluding hydrogens is 1200 g/mol. The minimum atomic E-state index is -4.48. The number of para-hydroxylation sites is 1. The predicted molar refractivity (Wildman–Crippen MR) is 347 cm³/mol. The van der Waals surface area contributed by atoms with Gasteiger partial charge in [0.2, 0.25) is 17.7 Å². The van der Waals surface area contributed by atoms with Crippen LogP contribution in [0.4, 0.5) is 28.3 Å². The SMILES string of the molecule is Cc1cc(N(C)c2ccc(-c3cnn(CC45CC6CC(CC(C6)C4)C5)c3C)c(C(=O)NS(=O)(=O)c3ccc(N4CC(C(=O)N[C@H](C(=O)N5C[C@H](O)C[C@H]5C(=O)NCc5ccc(-c6scnc6C)cc5)C(C)(C)C)C4)cc3)n2)nnc1Nc1nc2ccccc2s1. The molecule has 468 valence electrons. The molecule has 4 aliphatic carbocycles. The monoisotopic (exact) mass is 1270 g/mol. The van der Waals surface area contributed by atoms with Gasteiger partial charge in [0.1, 0.15) is 23.6 Å². The maximum absolute atomic E-state index is 14.7. The van der Waals surface area contributed by atoms with Crippen molar-refractivity contribution >= 4 is 94.8 Å². The number of aryl methyl sites for hydroxylation is 2. The van der Waals surface area contributed by atoms with E-state index in [4.69, 9.17) is 10.1 Å². The van der Waals surface area contributed by atoms with E-state index in [2.05, 4.69) is 45.5 Å². The van der Waals surface area contributed by atoms with E-state index in [0.717, 1.165) is 67.5 Å². The lowest BCUT2D eigenvalue weighted by molar-refractivity contribution is -0.144. The molecule has 6 fully saturated rings. The molecule has 0 radical (unpaired) electrons. The number of aliphatic hydroxyl groups is 1. The van der Waals surface area contributed by atoms with Gasteiger partial charge in [-0.25, -0.2) is 28.1 Å². The first-order valence-electron chi connectivity index (χ1n) is 30.8. The smallest absolute Gasteiger partial charge is 0.284 e. The van der Waals surface area contributed by atoms with Crippen LogP contribution >= 0.6 is 22.7 Å². The van der Waals surface area contributed by atoms with Gasteiger partial charge in [-0.05, 0) is 159 Å². The van der Waals surface area contributed by atoms with Crippen molar-refractivity contribution in [3.63, 3.8) is 0 Å². The number of thiazole rings is 2. The number of amides is 4. The van der Waals surface area contributed by atoms with Gasteiger partial charge in [0.05, 0.1) is 49.4 Å². The summed E-state index contributed by atoms with van der Waals surface area (Å²) >= 11 is 3.07. The van der Waals surface area contributed by atoms with E-state index < -0.39 is 57.3 Å². The van der Waals surface area contributed by atoms with Crippen LogP contribution in [0.1, 0.15) is 98.7 Å². The van der Waals surface area contributed by atoms with E-state index in [0.29, 0.717) is 39.4 Å². The zero-order valence-corrected chi connectivity index (χ0v) is 53.9. The number of carbonyl (C=O) groups is 4. The van der Waals surface area contributed by atoms with Gasteiger partial charge in [0, 0.05) is 68.7 Å². The second-order valence-corrected chi connectivity index (χ2v) is 30.2. The third kappa shape index (κ3) is 12.2. The number of carbonyl (C=O) groups excluding carboxylic acids is 4. The fourth-order valence-electron chi connectivity index (χ4n) is 14.6. The molecule has 2 aliphatic heterocycles. The van der Waals surface area contributed by atoms with Crippen LogP contribution < -0.4 is 30.5 Å². The zero-order valence-electron chi connectivity index (χ0n) is 51.4. The van der Waals surface area contributed by atoms with Gasteiger partial charge in [-0.3, -0.25) is 23.9 Å². The van der Waals surface area contributed by atoms with Crippen LogP contribution in [0.3, 0.4) is 0 Å². The molecule has 4 saturated carbocycles. The van der Waals surface area contributed by atoms with Gasteiger partial charge in [0.15, 0.2) is 16.8 Å². The van der Waals surface area contributed by atoms with Crippen molar-refractivity contribution in [1.29, 1.82) is 0 Å². The minimum absolute atomic E-state index is 0.0526. The standard InChI is InChI=1S/C66H74N14O7S3/c1-37-22-55(74-75-59(37)73-64-70-51-10-8-9-11-53(51)89-64)77(7)54-21-20-49(50-31-69-80(39(50)3)35-66-27-41-23-42(28-66)25-43(24-41)29-66)56(71-54)62(84)76-90(86,87)48-18-16-46(17-19-48)78-32-45(33-78)60(82)72-58(65(4,5)6)63(85)79-34-47(81)26-52(79)61(83)67-30-40-12-14-44(15-13-40)57-38(2)68-36-88-57/h8-22,31,36,41-43,45,47,52,58,81H,23-30,32-35H2,1-7H3,(H,67,83)(H,72,82)(H,76,84)(H,70,73,75)/t41?,42?,43?,47-,52+,58-,66?/m1/s1. The van der Waals surface area contributed by atoms with E-state index >= 15 is 0 Å². The van der Waals surface area contributed by atoms with Crippen molar-refractivity contribution < 1.29 is 32.7 Å². The second-order valence-electron chi connectivity index (χ2n) is 26.6. The summed E-state index contributed by atoms with van der Waals surface area (Å²) in [5, 5.41) is 34.6. The van der Waals surface area contributed by atoms with E-state index in [1.165, 1.54) is 66.9 Å². The summed E-state index contributed by atoms with van der Waals surface area (Å²) in [5.74, 6) is 0.943. The number of likely N-dealkylation sites (tertiary alicyclic amines) is 1. The first kappa shape index (κ1) is 60.7.